The van der Waals surface area contributed by atoms with E-state index in [4.69, 9.17) is 6.57 Å². The van der Waals surface area contributed by atoms with E-state index in [0.717, 1.165) is 13.1 Å². The Morgan fingerprint density at radius 2 is 1.82 bits per heavy atom. The summed E-state index contributed by atoms with van der Waals surface area (Å²) >= 11 is 0. The molecule has 2 rings (SSSR count). The lowest BCUT2D eigenvalue weighted by atomic mass is 9.84. The lowest BCUT2D eigenvalue weighted by Crippen LogP contribution is -2.44. The minimum atomic E-state index is 0.230. The van der Waals surface area contributed by atoms with E-state index in [1.54, 1.807) is 0 Å². The summed E-state index contributed by atoms with van der Waals surface area (Å²) in [6.45, 7) is 16.2. The van der Waals surface area contributed by atoms with Gasteiger partial charge in [0, 0.05) is 19.0 Å². The van der Waals surface area contributed by atoms with Gasteiger partial charge < -0.3 is 0 Å². The zero-order valence-electron chi connectivity index (χ0n) is 10.9. The third-order valence-corrected chi connectivity index (χ3v) is 3.48. The fourth-order valence-electron chi connectivity index (χ4n) is 2.25. The molecule has 0 spiro atoms. The Morgan fingerprint density at radius 3 is 2.29 bits per heavy atom. The summed E-state index contributed by atoms with van der Waals surface area (Å²) < 4.78 is 0. The van der Waals surface area contributed by atoms with E-state index in [1.807, 2.05) is 0 Å². The van der Waals surface area contributed by atoms with Crippen molar-refractivity contribution in [2.75, 3.05) is 19.8 Å². The average Bonchev–Trinajstić information content (AvgIpc) is 2.22. The molecule has 1 heterocycles. The molecule has 2 heteroatoms. The molecule has 0 unspecified atom stereocenters. The lowest BCUT2D eigenvalue weighted by molar-refractivity contribution is 0.166. The van der Waals surface area contributed by atoms with E-state index in [1.165, 1.54) is 11.1 Å². The maximum atomic E-state index is 6.82. The van der Waals surface area contributed by atoms with Crippen molar-refractivity contribution in [1.82, 2.24) is 4.90 Å². The number of likely N-dealkylation sites (tertiary alicyclic amines) is 1. The number of hydrogen-bond acceptors (Lipinski definition) is 1. The molecule has 0 N–H and O–H groups in total. The summed E-state index contributed by atoms with van der Waals surface area (Å²) in [6.07, 6.45) is 0. The van der Waals surface area contributed by atoms with Gasteiger partial charge >= 0.3 is 0 Å². The second-order valence-corrected chi connectivity index (χ2v) is 5.90. The smallest absolute Gasteiger partial charge is 0.270 e. The maximum Gasteiger partial charge on any atom is 0.270 e. The first-order valence-corrected chi connectivity index (χ1v) is 6.17. The first-order chi connectivity index (χ1) is 8.00. The third kappa shape index (κ3) is 2.68. The first-order valence-electron chi connectivity index (χ1n) is 6.17. The standard InChI is InChI=1S/C15H20N2/c1-15(2,3)14-7-5-12(6-8-14)13-9-17(10-13)11-16-4/h5-8,13H,9-11H2,1-3H3. The molecule has 0 radical (unpaired) electrons. The van der Waals surface area contributed by atoms with Crippen molar-refractivity contribution in [3.63, 3.8) is 0 Å². The number of benzene rings is 1. The van der Waals surface area contributed by atoms with Gasteiger partial charge in [-0.25, -0.2) is 11.5 Å². The molecule has 90 valence electrons. The summed E-state index contributed by atoms with van der Waals surface area (Å²) in [4.78, 5) is 5.60. The fourth-order valence-corrected chi connectivity index (χ4v) is 2.25. The van der Waals surface area contributed by atoms with Crippen LogP contribution < -0.4 is 0 Å². The van der Waals surface area contributed by atoms with Gasteiger partial charge in [-0.1, -0.05) is 45.0 Å². The molecule has 1 aromatic carbocycles. The second kappa shape index (κ2) is 4.50. The lowest BCUT2D eigenvalue weighted by Gasteiger charge is -2.36. The highest BCUT2D eigenvalue weighted by molar-refractivity contribution is 5.31. The molecule has 0 amide bonds. The highest BCUT2D eigenvalue weighted by Gasteiger charge is 2.29. The Balaban J connectivity index is 1.99. The molecule has 1 saturated heterocycles. The van der Waals surface area contributed by atoms with E-state index in [9.17, 15) is 0 Å². The van der Waals surface area contributed by atoms with Crippen LogP contribution in [0.15, 0.2) is 24.3 Å². The van der Waals surface area contributed by atoms with Gasteiger partial charge in [-0.15, -0.1) is 0 Å². The van der Waals surface area contributed by atoms with Crippen LogP contribution in [0.2, 0.25) is 0 Å². The molecule has 0 atom stereocenters. The Morgan fingerprint density at radius 1 is 1.24 bits per heavy atom. The summed E-state index contributed by atoms with van der Waals surface area (Å²) in [5, 5.41) is 0. The van der Waals surface area contributed by atoms with Crippen molar-refractivity contribution in [3.05, 3.63) is 46.8 Å². The third-order valence-electron chi connectivity index (χ3n) is 3.48. The predicted molar refractivity (Wildman–Crippen MR) is 70.9 cm³/mol. The van der Waals surface area contributed by atoms with Crippen molar-refractivity contribution in [3.8, 4) is 0 Å². The molecule has 2 nitrogen and oxygen atoms in total. The van der Waals surface area contributed by atoms with E-state index in [0.29, 0.717) is 12.6 Å². The highest BCUT2D eigenvalue weighted by Crippen LogP contribution is 2.29. The van der Waals surface area contributed by atoms with Crippen LogP contribution in [0.25, 0.3) is 4.85 Å². The topological polar surface area (TPSA) is 7.60 Å². The first kappa shape index (κ1) is 12.1. The van der Waals surface area contributed by atoms with E-state index in [2.05, 4.69) is 54.8 Å². The van der Waals surface area contributed by atoms with Crippen LogP contribution in [0.1, 0.15) is 37.8 Å². The Bertz CT molecular complexity index is 414. The SMILES string of the molecule is [C-]#[N+]CN1CC(c2ccc(C(C)(C)C)cc2)C1. The largest absolute Gasteiger partial charge is 0.299 e. The van der Waals surface area contributed by atoms with Crippen LogP contribution in [0, 0.1) is 6.57 Å². The Kier molecular flexibility index (Phi) is 3.22. The number of rotatable bonds is 2. The molecular weight excluding hydrogens is 208 g/mol. The molecule has 1 fully saturated rings. The molecule has 0 saturated carbocycles. The van der Waals surface area contributed by atoms with E-state index in [-0.39, 0.29) is 5.41 Å². The minimum Gasteiger partial charge on any atom is -0.299 e. The van der Waals surface area contributed by atoms with Gasteiger partial charge in [0.1, 0.15) is 0 Å². The number of hydrogen-bond donors (Lipinski definition) is 0. The van der Waals surface area contributed by atoms with Gasteiger partial charge in [-0.05, 0) is 16.5 Å². The van der Waals surface area contributed by atoms with Gasteiger partial charge in [0.2, 0.25) is 0 Å². The van der Waals surface area contributed by atoms with Crippen molar-refractivity contribution in [1.29, 1.82) is 0 Å². The van der Waals surface area contributed by atoms with Crippen LogP contribution >= 0.6 is 0 Å². The average molecular weight is 228 g/mol. The van der Waals surface area contributed by atoms with Crippen LogP contribution in [-0.2, 0) is 5.41 Å². The molecule has 17 heavy (non-hydrogen) atoms. The van der Waals surface area contributed by atoms with Crippen molar-refractivity contribution in [2.24, 2.45) is 0 Å². The Labute approximate surface area is 104 Å². The van der Waals surface area contributed by atoms with E-state index < -0.39 is 0 Å². The molecule has 0 aromatic heterocycles. The summed E-state index contributed by atoms with van der Waals surface area (Å²) in [5.41, 5.74) is 3.03. The van der Waals surface area contributed by atoms with Crippen LogP contribution in [0.5, 0.6) is 0 Å². The second-order valence-electron chi connectivity index (χ2n) is 5.90. The molecule has 1 aromatic rings. The van der Waals surface area contributed by atoms with Crippen molar-refractivity contribution in [2.45, 2.75) is 32.1 Å². The summed E-state index contributed by atoms with van der Waals surface area (Å²) in [7, 11) is 0. The Hall–Kier alpha value is -1.33. The van der Waals surface area contributed by atoms with Gasteiger partial charge in [-0.3, -0.25) is 4.85 Å². The molecule has 1 aliphatic rings. The highest BCUT2D eigenvalue weighted by atomic mass is 15.2. The van der Waals surface area contributed by atoms with Crippen molar-refractivity contribution >= 4 is 0 Å². The summed E-state index contributed by atoms with van der Waals surface area (Å²) in [6, 6.07) is 8.99. The van der Waals surface area contributed by atoms with Crippen LogP contribution in [0.3, 0.4) is 0 Å². The minimum absolute atomic E-state index is 0.230. The molecule has 0 bridgehead atoms. The van der Waals surface area contributed by atoms with Gasteiger partial charge in [0.25, 0.3) is 6.67 Å². The number of nitrogens with zero attached hydrogens (tertiary/aromatic N) is 2. The van der Waals surface area contributed by atoms with Gasteiger partial charge in [0.15, 0.2) is 0 Å². The quantitative estimate of drug-likeness (QED) is 0.705. The normalized spacial score (nSPS) is 17.5. The zero-order valence-corrected chi connectivity index (χ0v) is 10.9. The molecule has 0 aliphatic carbocycles. The molecule has 1 aliphatic heterocycles. The van der Waals surface area contributed by atoms with Gasteiger partial charge in [0.05, 0.1) is 0 Å². The van der Waals surface area contributed by atoms with Crippen molar-refractivity contribution < 1.29 is 0 Å². The van der Waals surface area contributed by atoms with Crippen LogP contribution in [0.4, 0.5) is 0 Å². The summed E-state index contributed by atoms with van der Waals surface area (Å²) in [5.74, 6) is 0.630. The van der Waals surface area contributed by atoms with Gasteiger partial charge in [-0.2, -0.15) is 0 Å². The fraction of sp³-hybridized carbons (Fsp3) is 0.533. The zero-order chi connectivity index (χ0) is 12.5. The van der Waals surface area contributed by atoms with Crippen LogP contribution in [-0.4, -0.2) is 24.7 Å². The van der Waals surface area contributed by atoms with E-state index >= 15 is 0 Å². The monoisotopic (exact) mass is 228 g/mol. The molecular formula is C15H20N2. The maximum absolute atomic E-state index is 6.82. The predicted octanol–water partition coefficient (Wildman–Crippen LogP) is 3.26.